The predicted octanol–water partition coefficient (Wildman–Crippen LogP) is 4.76. The van der Waals surface area contributed by atoms with E-state index in [1.807, 2.05) is 76.2 Å². The molecular weight excluding hydrogens is 696 g/mol. The summed E-state index contributed by atoms with van der Waals surface area (Å²) in [6, 6.07) is 13.2. The Labute approximate surface area is 314 Å². The SMILES string of the molecule is COCC[C@H](N[C@H](c1ncc(-c2cccc(-c3ccccc3)c2-c2cnc([C@@H](N[C@@H](CCOC)C(=O)OC(N)=O)C(C)C)[nH]2)[nH]1)C(C)C)C(=O)OC(N)=O. The van der Waals surface area contributed by atoms with Crippen molar-refractivity contribution >= 4 is 24.1 Å². The zero-order valence-electron chi connectivity index (χ0n) is 31.4. The first-order chi connectivity index (χ1) is 25.8. The number of hydrogen-bond acceptors (Lipinski definition) is 12. The summed E-state index contributed by atoms with van der Waals surface area (Å²) < 4.78 is 19.8. The first-order valence-electron chi connectivity index (χ1n) is 17.7. The van der Waals surface area contributed by atoms with Crippen molar-refractivity contribution in [3.8, 4) is 33.6 Å². The van der Waals surface area contributed by atoms with Gasteiger partial charge in [-0.25, -0.2) is 29.1 Å². The Bertz CT molecular complexity index is 1860. The largest absolute Gasteiger partial charge is 0.412 e. The normalized spacial score (nSPS) is 13.7. The number of methoxy groups -OCH3 is 2. The van der Waals surface area contributed by atoms with Gasteiger partial charge in [0.2, 0.25) is 0 Å². The van der Waals surface area contributed by atoms with Crippen LogP contribution in [0.25, 0.3) is 33.6 Å². The summed E-state index contributed by atoms with van der Waals surface area (Å²) in [5, 5.41) is 6.58. The molecule has 0 unspecified atom stereocenters. The van der Waals surface area contributed by atoms with Crippen molar-refractivity contribution in [3.05, 3.63) is 72.6 Å². The van der Waals surface area contributed by atoms with Crippen LogP contribution >= 0.6 is 0 Å². The number of carbonyl (C=O) groups is 4. The molecule has 2 amide bonds. The van der Waals surface area contributed by atoms with Crippen molar-refractivity contribution in [2.45, 2.75) is 64.7 Å². The highest BCUT2D eigenvalue weighted by atomic mass is 16.6. The molecular formula is C38H50N8O8. The summed E-state index contributed by atoms with van der Waals surface area (Å²) in [6.07, 6.45) is 1.55. The van der Waals surface area contributed by atoms with Crippen molar-refractivity contribution in [3.63, 3.8) is 0 Å². The molecule has 2 heterocycles. The minimum Gasteiger partial charge on any atom is -0.385 e. The molecule has 16 nitrogen and oxygen atoms in total. The lowest BCUT2D eigenvalue weighted by Crippen LogP contribution is -2.44. The Balaban J connectivity index is 1.77. The van der Waals surface area contributed by atoms with E-state index in [0.717, 1.165) is 22.3 Å². The quantitative estimate of drug-likeness (QED) is 0.0563. The van der Waals surface area contributed by atoms with Gasteiger partial charge in [0.05, 0.1) is 35.9 Å². The van der Waals surface area contributed by atoms with E-state index >= 15 is 0 Å². The van der Waals surface area contributed by atoms with Crippen molar-refractivity contribution in [1.29, 1.82) is 0 Å². The molecule has 16 heteroatoms. The number of nitrogens with zero attached hydrogens (tertiary/aromatic N) is 2. The first kappa shape index (κ1) is 41.3. The third kappa shape index (κ3) is 10.8. The van der Waals surface area contributed by atoms with Crippen LogP contribution in [0.4, 0.5) is 9.59 Å². The van der Waals surface area contributed by atoms with Crippen LogP contribution in [0, 0.1) is 11.8 Å². The number of rotatable bonds is 19. The Morgan fingerprint density at radius 3 is 1.59 bits per heavy atom. The standard InChI is InChI=1S/C38H50N8O8/c1-21(2)31(43-26(15-17-51-5)35(47)53-37(39)49)33-41-19-28(45-33)25-14-10-13-24(23-11-8-7-9-12-23)30(25)29-20-42-34(46-29)32(22(3)4)44-27(16-18-52-6)36(48)54-38(40)50/h7-14,19-22,26-27,31-32,43-44H,15-18H2,1-6H3,(H2,39,49)(H2,40,50)(H,41,45)(H,42,46)/t26-,27-,31-,32-/m0/s1. The van der Waals surface area contributed by atoms with E-state index in [1.54, 1.807) is 12.4 Å². The molecule has 0 saturated heterocycles. The molecule has 0 aliphatic carbocycles. The number of aromatic amines is 2. The highest BCUT2D eigenvalue weighted by Crippen LogP contribution is 2.40. The van der Waals surface area contributed by atoms with Crippen LogP contribution in [-0.2, 0) is 28.5 Å². The van der Waals surface area contributed by atoms with Gasteiger partial charge in [-0.2, -0.15) is 0 Å². The Morgan fingerprint density at radius 1 is 0.667 bits per heavy atom. The second-order valence-electron chi connectivity index (χ2n) is 13.4. The Morgan fingerprint density at radius 2 is 1.13 bits per heavy atom. The zero-order valence-corrected chi connectivity index (χ0v) is 31.4. The minimum atomic E-state index is -1.19. The second kappa shape index (κ2) is 19.6. The molecule has 0 aliphatic rings. The van der Waals surface area contributed by atoms with Crippen LogP contribution in [0.1, 0.15) is 64.3 Å². The summed E-state index contributed by atoms with van der Waals surface area (Å²) in [4.78, 5) is 64.9. The number of H-pyrrole nitrogens is 2. The molecule has 54 heavy (non-hydrogen) atoms. The fourth-order valence-electron chi connectivity index (χ4n) is 6.14. The van der Waals surface area contributed by atoms with Crippen molar-refractivity contribution in [2.24, 2.45) is 23.3 Å². The average molecular weight is 747 g/mol. The van der Waals surface area contributed by atoms with Gasteiger partial charge in [0.15, 0.2) is 0 Å². The molecule has 0 bridgehead atoms. The summed E-state index contributed by atoms with van der Waals surface area (Å²) in [7, 11) is 3.03. The number of nitrogens with one attached hydrogen (secondary N) is 4. The van der Waals surface area contributed by atoms with Crippen LogP contribution in [0.3, 0.4) is 0 Å². The van der Waals surface area contributed by atoms with E-state index in [0.29, 0.717) is 23.0 Å². The fourth-order valence-corrected chi connectivity index (χ4v) is 6.14. The van der Waals surface area contributed by atoms with Gasteiger partial charge in [-0.3, -0.25) is 10.6 Å². The molecule has 0 saturated carbocycles. The number of primary amides is 2. The number of aromatic nitrogens is 4. The van der Waals surface area contributed by atoms with E-state index in [2.05, 4.69) is 20.6 Å². The number of esters is 2. The van der Waals surface area contributed by atoms with Crippen LogP contribution in [0.15, 0.2) is 60.9 Å². The number of carbonyl (C=O) groups excluding carboxylic acids is 4. The van der Waals surface area contributed by atoms with Gasteiger partial charge in [-0.15, -0.1) is 0 Å². The molecule has 0 spiro atoms. The van der Waals surface area contributed by atoms with Gasteiger partial charge in [-0.1, -0.05) is 76.2 Å². The number of benzene rings is 2. The van der Waals surface area contributed by atoms with Crippen molar-refractivity contribution in [2.75, 3.05) is 27.4 Å². The molecule has 0 radical (unpaired) electrons. The van der Waals surface area contributed by atoms with E-state index in [1.165, 1.54) is 14.2 Å². The lowest BCUT2D eigenvalue weighted by Gasteiger charge is -2.25. The highest BCUT2D eigenvalue weighted by Gasteiger charge is 2.31. The maximum absolute atomic E-state index is 12.8. The van der Waals surface area contributed by atoms with Crippen LogP contribution in [0.5, 0.6) is 0 Å². The van der Waals surface area contributed by atoms with Crippen molar-refractivity contribution < 1.29 is 38.1 Å². The number of ether oxygens (including phenoxy) is 4. The number of amides is 2. The third-order valence-corrected chi connectivity index (χ3v) is 8.78. The monoisotopic (exact) mass is 746 g/mol. The molecule has 0 fully saturated rings. The smallest absolute Gasteiger partial charge is 0.385 e. The molecule has 2 aromatic carbocycles. The molecule has 0 aliphatic heterocycles. The molecule has 4 rings (SSSR count). The van der Waals surface area contributed by atoms with Gasteiger partial charge in [0, 0.05) is 38.6 Å². The van der Waals surface area contributed by atoms with Gasteiger partial charge in [0.1, 0.15) is 23.7 Å². The summed E-state index contributed by atoms with van der Waals surface area (Å²) >= 11 is 0. The van der Waals surface area contributed by atoms with Gasteiger partial charge >= 0.3 is 24.1 Å². The number of imidazole rings is 2. The number of nitrogens with two attached hydrogens (primary N) is 2. The second-order valence-corrected chi connectivity index (χ2v) is 13.4. The van der Waals surface area contributed by atoms with Crippen LogP contribution in [-0.4, -0.2) is 83.6 Å². The van der Waals surface area contributed by atoms with Gasteiger partial charge in [-0.05, 0) is 35.8 Å². The zero-order chi connectivity index (χ0) is 39.4. The van der Waals surface area contributed by atoms with E-state index in [4.69, 9.17) is 40.4 Å². The molecule has 4 atom stereocenters. The fraction of sp³-hybridized carbons (Fsp3) is 0.421. The lowest BCUT2D eigenvalue weighted by molar-refractivity contribution is -0.141. The Hall–Kier alpha value is -5.42. The van der Waals surface area contributed by atoms with Crippen LogP contribution < -0.4 is 22.1 Å². The molecule has 2 aromatic heterocycles. The summed E-state index contributed by atoms with van der Waals surface area (Å²) in [5.41, 5.74) is 15.2. The maximum Gasteiger partial charge on any atom is 0.412 e. The highest BCUT2D eigenvalue weighted by molar-refractivity contribution is 5.92. The first-order valence-corrected chi connectivity index (χ1v) is 17.7. The van der Waals surface area contributed by atoms with Crippen molar-refractivity contribution in [1.82, 2.24) is 30.6 Å². The van der Waals surface area contributed by atoms with E-state index in [-0.39, 0.29) is 37.9 Å². The van der Waals surface area contributed by atoms with Crippen LogP contribution in [0.2, 0.25) is 0 Å². The average Bonchev–Trinajstić information content (AvgIpc) is 3.82. The van der Waals surface area contributed by atoms with E-state index < -0.39 is 48.3 Å². The molecule has 290 valence electrons. The summed E-state index contributed by atoms with van der Waals surface area (Å²) in [5.74, 6) is -0.606. The summed E-state index contributed by atoms with van der Waals surface area (Å²) in [6.45, 7) is 8.39. The number of hydrogen-bond donors (Lipinski definition) is 6. The maximum atomic E-state index is 12.8. The predicted molar refractivity (Wildman–Crippen MR) is 200 cm³/mol. The molecule has 4 aromatic rings. The van der Waals surface area contributed by atoms with E-state index in [9.17, 15) is 19.2 Å². The van der Waals surface area contributed by atoms with Gasteiger partial charge in [0.25, 0.3) is 0 Å². The minimum absolute atomic E-state index is 0.0471. The third-order valence-electron chi connectivity index (χ3n) is 8.78. The Kier molecular flexibility index (Phi) is 15.0. The lowest BCUT2D eigenvalue weighted by atomic mass is 9.92. The topological polar surface area (TPSA) is 239 Å². The van der Waals surface area contributed by atoms with Gasteiger partial charge < -0.3 is 40.4 Å². The molecule has 8 N–H and O–H groups in total.